The molecule has 0 saturated heterocycles. The van der Waals surface area contributed by atoms with Crippen molar-refractivity contribution in [3.63, 3.8) is 0 Å². The Labute approximate surface area is 102 Å². The van der Waals surface area contributed by atoms with Crippen LogP contribution in [0.1, 0.15) is 29.0 Å². The van der Waals surface area contributed by atoms with E-state index in [9.17, 15) is 0 Å². The number of hydrogen-bond acceptors (Lipinski definition) is 1. The smallest absolute Gasteiger partial charge is 0.0381 e. The van der Waals surface area contributed by atoms with Gasteiger partial charge in [-0.25, -0.2) is 0 Å². The maximum absolute atomic E-state index is 3.50. The third-order valence-electron chi connectivity index (χ3n) is 3.53. The van der Waals surface area contributed by atoms with Gasteiger partial charge in [-0.3, -0.25) is 0 Å². The molecule has 1 aliphatic rings. The lowest BCUT2D eigenvalue weighted by atomic mass is 9.85. The predicted octanol–water partition coefficient (Wildman–Crippen LogP) is 3.94. The van der Waals surface area contributed by atoms with Crippen LogP contribution in [0.15, 0.2) is 48.5 Å². The van der Waals surface area contributed by atoms with Crippen molar-refractivity contribution in [3.05, 3.63) is 65.2 Å². The largest absolute Gasteiger partial charge is 0.385 e. The number of rotatable bonds is 1. The van der Waals surface area contributed by atoms with Crippen LogP contribution >= 0.6 is 0 Å². The Bertz CT molecular complexity index is 516. The molecule has 2 aromatic carbocycles. The molecule has 1 aliphatic heterocycles. The van der Waals surface area contributed by atoms with E-state index in [1.807, 2.05) is 0 Å². The zero-order chi connectivity index (χ0) is 11.7. The summed E-state index contributed by atoms with van der Waals surface area (Å²) >= 11 is 0. The van der Waals surface area contributed by atoms with Crippen LogP contribution in [0.4, 0.5) is 5.69 Å². The molecular formula is C16H17N. The first-order valence-corrected chi connectivity index (χ1v) is 6.24. The summed E-state index contributed by atoms with van der Waals surface area (Å²) in [5.74, 6) is 0.549. The quantitative estimate of drug-likeness (QED) is 0.772. The van der Waals surface area contributed by atoms with Crippen molar-refractivity contribution in [1.29, 1.82) is 0 Å². The second-order valence-electron chi connectivity index (χ2n) is 4.77. The Morgan fingerprint density at radius 2 is 1.88 bits per heavy atom. The first kappa shape index (κ1) is 10.4. The third kappa shape index (κ3) is 1.93. The minimum absolute atomic E-state index is 0.549. The highest BCUT2D eigenvalue weighted by atomic mass is 14.9. The summed E-state index contributed by atoms with van der Waals surface area (Å²) in [4.78, 5) is 0. The average Bonchev–Trinajstić information content (AvgIpc) is 2.39. The molecule has 1 heterocycles. The van der Waals surface area contributed by atoms with E-state index in [2.05, 4.69) is 60.8 Å². The lowest BCUT2D eigenvalue weighted by Crippen LogP contribution is -2.17. The normalized spacial score (nSPS) is 18.3. The number of aryl methyl sites for hydroxylation is 1. The van der Waals surface area contributed by atoms with Gasteiger partial charge < -0.3 is 5.32 Å². The third-order valence-corrected chi connectivity index (χ3v) is 3.53. The van der Waals surface area contributed by atoms with Gasteiger partial charge in [0.05, 0.1) is 0 Å². The van der Waals surface area contributed by atoms with E-state index >= 15 is 0 Å². The van der Waals surface area contributed by atoms with Gasteiger partial charge in [-0.2, -0.15) is 0 Å². The molecule has 0 amide bonds. The van der Waals surface area contributed by atoms with E-state index in [0.29, 0.717) is 5.92 Å². The topological polar surface area (TPSA) is 12.0 Å². The molecule has 86 valence electrons. The van der Waals surface area contributed by atoms with Gasteiger partial charge >= 0.3 is 0 Å². The van der Waals surface area contributed by atoms with E-state index in [4.69, 9.17) is 0 Å². The van der Waals surface area contributed by atoms with Crippen molar-refractivity contribution >= 4 is 5.69 Å². The van der Waals surface area contributed by atoms with Crippen molar-refractivity contribution in [3.8, 4) is 0 Å². The monoisotopic (exact) mass is 223 g/mol. The van der Waals surface area contributed by atoms with Crippen LogP contribution in [0.5, 0.6) is 0 Å². The van der Waals surface area contributed by atoms with E-state index in [1.54, 1.807) is 0 Å². The molecule has 17 heavy (non-hydrogen) atoms. The molecule has 3 rings (SSSR count). The van der Waals surface area contributed by atoms with Crippen LogP contribution in [-0.2, 0) is 0 Å². The Balaban J connectivity index is 2.06. The molecule has 0 aliphatic carbocycles. The van der Waals surface area contributed by atoms with Gasteiger partial charge in [0.2, 0.25) is 0 Å². The molecule has 0 fully saturated rings. The predicted molar refractivity (Wildman–Crippen MR) is 72.6 cm³/mol. The summed E-state index contributed by atoms with van der Waals surface area (Å²) in [6, 6.07) is 17.6. The molecule has 1 atom stereocenters. The molecule has 0 saturated carbocycles. The number of hydrogen-bond donors (Lipinski definition) is 1. The van der Waals surface area contributed by atoms with Crippen molar-refractivity contribution < 1.29 is 0 Å². The molecule has 2 aromatic rings. The van der Waals surface area contributed by atoms with Gasteiger partial charge in [0, 0.05) is 18.2 Å². The zero-order valence-electron chi connectivity index (χ0n) is 10.1. The summed E-state index contributed by atoms with van der Waals surface area (Å²) in [5.41, 5.74) is 5.50. The lowest BCUT2D eigenvalue weighted by molar-refractivity contribution is 0.720. The molecule has 0 aromatic heterocycles. The zero-order valence-corrected chi connectivity index (χ0v) is 10.1. The van der Waals surface area contributed by atoms with Crippen LogP contribution in [0.2, 0.25) is 0 Å². The van der Waals surface area contributed by atoms with Gasteiger partial charge in [0.15, 0.2) is 0 Å². The molecule has 1 nitrogen and oxygen atoms in total. The van der Waals surface area contributed by atoms with Crippen LogP contribution in [0.25, 0.3) is 0 Å². The highest BCUT2D eigenvalue weighted by molar-refractivity contribution is 5.58. The molecule has 0 radical (unpaired) electrons. The Morgan fingerprint density at radius 3 is 2.71 bits per heavy atom. The van der Waals surface area contributed by atoms with Gasteiger partial charge in [-0.05, 0) is 36.1 Å². The maximum atomic E-state index is 3.50. The molecule has 1 N–H and O–H groups in total. The molecular weight excluding hydrogens is 206 g/mol. The van der Waals surface area contributed by atoms with Gasteiger partial charge in [0.1, 0.15) is 0 Å². The number of benzene rings is 2. The van der Waals surface area contributed by atoms with Crippen molar-refractivity contribution in [1.82, 2.24) is 0 Å². The van der Waals surface area contributed by atoms with E-state index in [0.717, 1.165) is 6.54 Å². The second-order valence-corrected chi connectivity index (χ2v) is 4.77. The summed E-state index contributed by atoms with van der Waals surface area (Å²) in [6.45, 7) is 3.21. The van der Waals surface area contributed by atoms with Crippen molar-refractivity contribution in [2.75, 3.05) is 11.9 Å². The van der Waals surface area contributed by atoms with Crippen LogP contribution < -0.4 is 5.32 Å². The first-order chi connectivity index (χ1) is 8.34. The Kier molecular flexibility index (Phi) is 2.60. The summed E-state index contributed by atoms with van der Waals surface area (Å²) in [7, 11) is 0. The van der Waals surface area contributed by atoms with Gasteiger partial charge in [-0.15, -0.1) is 0 Å². The van der Waals surface area contributed by atoms with Gasteiger partial charge in [0.25, 0.3) is 0 Å². The fourth-order valence-corrected chi connectivity index (χ4v) is 2.67. The number of anilines is 1. The van der Waals surface area contributed by atoms with Crippen LogP contribution in [0.3, 0.4) is 0 Å². The first-order valence-electron chi connectivity index (χ1n) is 6.24. The van der Waals surface area contributed by atoms with E-state index < -0.39 is 0 Å². The fourth-order valence-electron chi connectivity index (χ4n) is 2.67. The second kappa shape index (κ2) is 4.25. The average molecular weight is 223 g/mol. The highest BCUT2D eigenvalue weighted by Gasteiger charge is 2.20. The summed E-state index contributed by atoms with van der Waals surface area (Å²) in [6.07, 6.45) is 1.18. The highest BCUT2D eigenvalue weighted by Crippen LogP contribution is 2.36. The molecule has 1 heteroatoms. The Morgan fingerprint density at radius 1 is 1.06 bits per heavy atom. The van der Waals surface area contributed by atoms with Crippen molar-refractivity contribution in [2.24, 2.45) is 0 Å². The molecule has 0 spiro atoms. The van der Waals surface area contributed by atoms with Crippen LogP contribution in [-0.4, -0.2) is 6.54 Å². The number of nitrogens with one attached hydrogen (secondary N) is 1. The Hall–Kier alpha value is -1.76. The SMILES string of the molecule is Cc1ccc2c(c1)NCCC2c1ccccc1. The lowest BCUT2D eigenvalue weighted by Gasteiger charge is -2.27. The van der Waals surface area contributed by atoms with E-state index in [-0.39, 0.29) is 0 Å². The molecule has 0 bridgehead atoms. The number of fused-ring (bicyclic) bond motifs is 1. The molecule has 1 unspecified atom stereocenters. The fraction of sp³-hybridized carbons (Fsp3) is 0.250. The summed E-state index contributed by atoms with van der Waals surface area (Å²) in [5, 5.41) is 3.50. The standard InChI is InChI=1S/C16H17N/c1-12-7-8-15-14(9-10-17-16(15)11-12)13-5-3-2-4-6-13/h2-8,11,14,17H,9-10H2,1H3. The van der Waals surface area contributed by atoms with E-state index in [1.165, 1.54) is 28.8 Å². The summed E-state index contributed by atoms with van der Waals surface area (Å²) < 4.78 is 0. The minimum Gasteiger partial charge on any atom is -0.385 e. The van der Waals surface area contributed by atoms with Crippen LogP contribution in [0, 0.1) is 6.92 Å². The van der Waals surface area contributed by atoms with Crippen molar-refractivity contribution in [2.45, 2.75) is 19.3 Å². The minimum atomic E-state index is 0.549. The van der Waals surface area contributed by atoms with Gasteiger partial charge in [-0.1, -0.05) is 42.5 Å². The maximum Gasteiger partial charge on any atom is 0.0381 e.